The SMILES string of the molecule is Cc1ccc(N)cc1NC(=O)[C@H](C)Oc1ccc(Cl)cc1. The molecule has 2 aromatic rings. The maximum Gasteiger partial charge on any atom is 0.265 e. The first-order valence-corrected chi connectivity index (χ1v) is 6.92. The predicted molar refractivity (Wildman–Crippen MR) is 85.8 cm³/mol. The Hall–Kier alpha value is -2.20. The Morgan fingerprint density at radius 2 is 1.90 bits per heavy atom. The number of carbonyl (C=O) groups is 1. The minimum Gasteiger partial charge on any atom is -0.481 e. The molecule has 2 rings (SSSR count). The highest BCUT2D eigenvalue weighted by atomic mass is 35.5. The van der Waals surface area contributed by atoms with Gasteiger partial charge in [0.25, 0.3) is 5.91 Å². The van der Waals surface area contributed by atoms with Gasteiger partial charge in [-0.15, -0.1) is 0 Å². The fourth-order valence-electron chi connectivity index (χ4n) is 1.78. The molecule has 0 spiro atoms. The zero-order chi connectivity index (χ0) is 15.4. The van der Waals surface area contributed by atoms with E-state index >= 15 is 0 Å². The zero-order valence-electron chi connectivity index (χ0n) is 11.9. The lowest BCUT2D eigenvalue weighted by Crippen LogP contribution is -2.30. The van der Waals surface area contributed by atoms with E-state index in [2.05, 4.69) is 5.32 Å². The van der Waals surface area contributed by atoms with Gasteiger partial charge in [0.05, 0.1) is 0 Å². The first-order valence-electron chi connectivity index (χ1n) is 6.55. The van der Waals surface area contributed by atoms with E-state index < -0.39 is 6.10 Å². The molecule has 0 aliphatic rings. The average Bonchev–Trinajstić information content (AvgIpc) is 2.45. The van der Waals surface area contributed by atoms with Gasteiger partial charge in [0.15, 0.2) is 6.10 Å². The molecule has 2 aromatic carbocycles. The minimum atomic E-state index is -0.632. The molecule has 21 heavy (non-hydrogen) atoms. The molecule has 110 valence electrons. The van der Waals surface area contributed by atoms with Gasteiger partial charge in [-0.2, -0.15) is 0 Å². The van der Waals surface area contributed by atoms with Crippen molar-refractivity contribution in [3.05, 3.63) is 53.1 Å². The number of anilines is 2. The molecule has 0 saturated heterocycles. The van der Waals surface area contributed by atoms with Crippen molar-refractivity contribution < 1.29 is 9.53 Å². The van der Waals surface area contributed by atoms with Gasteiger partial charge in [-0.1, -0.05) is 17.7 Å². The summed E-state index contributed by atoms with van der Waals surface area (Å²) in [4.78, 5) is 12.1. The van der Waals surface area contributed by atoms with Crippen molar-refractivity contribution in [2.45, 2.75) is 20.0 Å². The van der Waals surface area contributed by atoms with E-state index in [9.17, 15) is 4.79 Å². The van der Waals surface area contributed by atoms with Crippen LogP contribution < -0.4 is 15.8 Å². The van der Waals surface area contributed by atoms with Crippen LogP contribution in [0.3, 0.4) is 0 Å². The molecule has 0 radical (unpaired) electrons. The molecule has 3 N–H and O–H groups in total. The van der Waals surface area contributed by atoms with Crippen LogP contribution in [-0.4, -0.2) is 12.0 Å². The summed E-state index contributed by atoms with van der Waals surface area (Å²) in [6.45, 7) is 3.59. The normalized spacial score (nSPS) is 11.8. The quantitative estimate of drug-likeness (QED) is 0.848. The monoisotopic (exact) mass is 304 g/mol. The van der Waals surface area contributed by atoms with Crippen LogP contribution in [0.1, 0.15) is 12.5 Å². The number of amides is 1. The van der Waals surface area contributed by atoms with E-state index in [1.807, 2.05) is 13.0 Å². The van der Waals surface area contributed by atoms with Gasteiger partial charge >= 0.3 is 0 Å². The number of halogens is 1. The third kappa shape index (κ3) is 4.13. The molecular formula is C16H17ClN2O2. The van der Waals surface area contributed by atoms with Crippen molar-refractivity contribution in [3.63, 3.8) is 0 Å². The fraction of sp³-hybridized carbons (Fsp3) is 0.188. The van der Waals surface area contributed by atoms with Crippen molar-refractivity contribution >= 4 is 28.9 Å². The highest BCUT2D eigenvalue weighted by Gasteiger charge is 2.15. The number of nitrogen functional groups attached to an aromatic ring is 1. The highest BCUT2D eigenvalue weighted by molar-refractivity contribution is 6.30. The number of benzene rings is 2. The Bertz CT molecular complexity index is 641. The topological polar surface area (TPSA) is 64.3 Å². The summed E-state index contributed by atoms with van der Waals surface area (Å²) < 4.78 is 5.57. The van der Waals surface area contributed by atoms with Gasteiger partial charge in [0, 0.05) is 16.4 Å². The highest BCUT2D eigenvalue weighted by Crippen LogP contribution is 2.20. The van der Waals surface area contributed by atoms with E-state index in [4.69, 9.17) is 22.1 Å². The lowest BCUT2D eigenvalue weighted by molar-refractivity contribution is -0.122. The van der Waals surface area contributed by atoms with E-state index in [0.717, 1.165) is 5.56 Å². The number of aryl methyl sites for hydroxylation is 1. The zero-order valence-corrected chi connectivity index (χ0v) is 12.6. The molecule has 4 nitrogen and oxygen atoms in total. The smallest absolute Gasteiger partial charge is 0.265 e. The molecule has 0 aromatic heterocycles. The number of ether oxygens (including phenoxy) is 1. The van der Waals surface area contributed by atoms with Crippen LogP contribution in [0, 0.1) is 6.92 Å². The van der Waals surface area contributed by atoms with Crippen LogP contribution in [0.5, 0.6) is 5.75 Å². The number of hydrogen-bond acceptors (Lipinski definition) is 3. The van der Waals surface area contributed by atoms with E-state index in [0.29, 0.717) is 22.1 Å². The van der Waals surface area contributed by atoms with E-state index in [1.54, 1.807) is 43.3 Å². The summed E-state index contributed by atoms with van der Waals surface area (Å²) >= 11 is 5.80. The average molecular weight is 305 g/mol. The Balaban J connectivity index is 2.02. The molecular weight excluding hydrogens is 288 g/mol. The molecule has 0 unspecified atom stereocenters. The fourth-order valence-corrected chi connectivity index (χ4v) is 1.91. The lowest BCUT2D eigenvalue weighted by atomic mass is 10.1. The van der Waals surface area contributed by atoms with Crippen LogP contribution in [0.15, 0.2) is 42.5 Å². The number of rotatable bonds is 4. The molecule has 1 amide bonds. The third-order valence-electron chi connectivity index (χ3n) is 3.02. The number of nitrogens with one attached hydrogen (secondary N) is 1. The number of carbonyl (C=O) groups excluding carboxylic acids is 1. The molecule has 0 heterocycles. The van der Waals surface area contributed by atoms with E-state index in [-0.39, 0.29) is 5.91 Å². The van der Waals surface area contributed by atoms with Gasteiger partial charge in [0.2, 0.25) is 0 Å². The van der Waals surface area contributed by atoms with Gasteiger partial charge < -0.3 is 15.8 Å². The maximum atomic E-state index is 12.1. The summed E-state index contributed by atoms with van der Waals surface area (Å²) in [5, 5.41) is 3.43. The Kier molecular flexibility index (Phi) is 4.70. The first-order chi connectivity index (χ1) is 9.95. The summed E-state index contributed by atoms with van der Waals surface area (Å²) in [6, 6.07) is 12.2. The minimum absolute atomic E-state index is 0.237. The summed E-state index contributed by atoms with van der Waals surface area (Å²) in [6.07, 6.45) is -0.632. The second kappa shape index (κ2) is 6.50. The molecule has 0 aliphatic heterocycles. The number of nitrogens with two attached hydrogens (primary N) is 1. The summed E-state index contributed by atoms with van der Waals surface area (Å²) in [5.41, 5.74) is 7.95. The van der Waals surface area contributed by atoms with Crippen molar-refractivity contribution in [1.82, 2.24) is 0 Å². The maximum absolute atomic E-state index is 12.1. The van der Waals surface area contributed by atoms with Gasteiger partial charge in [-0.25, -0.2) is 0 Å². The largest absolute Gasteiger partial charge is 0.481 e. The van der Waals surface area contributed by atoms with Crippen LogP contribution in [0.2, 0.25) is 5.02 Å². The second-order valence-electron chi connectivity index (χ2n) is 4.78. The van der Waals surface area contributed by atoms with Crippen LogP contribution in [0.25, 0.3) is 0 Å². The third-order valence-corrected chi connectivity index (χ3v) is 3.27. The second-order valence-corrected chi connectivity index (χ2v) is 5.21. The standard InChI is InChI=1S/C16H17ClN2O2/c1-10-3-6-13(18)9-15(10)19-16(20)11(2)21-14-7-4-12(17)5-8-14/h3-9,11H,18H2,1-2H3,(H,19,20)/t11-/m0/s1. The molecule has 0 bridgehead atoms. The summed E-state index contributed by atoms with van der Waals surface area (Å²) in [7, 11) is 0. The Morgan fingerprint density at radius 3 is 2.57 bits per heavy atom. The molecule has 1 atom stereocenters. The van der Waals surface area contributed by atoms with Crippen LogP contribution >= 0.6 is 11.6 Å². The van der Waals surface area contributed by atoms with Gasteiger partial charge in [-0.05, 0) is 55.8 Å². The van der Waals surface area contributed by atoms with Crippen LogP contribution in [0.4, 0.5) is 11.4 Å². The Morgan fingerprint density at radius 1 is 1.24 bits per heavy atom. The molecule has 0 fully saturated rings. The lowest BCUT2D eigenvalue weighted by Gasteiger charge is -2.16. The first kappa shape index (κ1) is 15.2. The summed E-state index contributed by atoms with van der Waals surface area (Å²) in [5.74, 6) is 0.352. The molecule has 5 heteroatoms. The number of hydrogen-bond donors (Lipinski definition) is 2. The predicted octanol–water partition coefficient (Wildman–Crippen LogP) is 3.64. The van der Waals surface area contributed by atoms with Gasteiger partial charge in [-0.3, -0.25) is 4.79 Å². The van der Waals surface area contributed by atoms with Crippen molar-refractivity contribution in [2.24, 2.45) is 0 Å². The van der Waals surface area contributed by atoms with Crippen LogP contribution in [-0.2, 0) is 4.79 Å². The molecule has 0 saturated carbocycles. The van der Waals surface area contributed by atoms with Crippen molar-refractivity contribution in [1.29, 1.82) is 0 Å². The molecule has 0 aliphatic carbocycles. The van der Waals surface area contributed by atoms with Crippen molar-refractivity contribution in [2.75, 3.05) is 11.1 Å². The van der Waals surface area contributed by atoms with Gasteiger partial charge in [0.1, 0.15) is 5.75 Å². The Labute approximate surface area is 128 Å². The van der Waals surface area contributed by atoms with Crippen molar-refractivity contribution in [3.8, 4) is 5.75 Å². The van der Waals surface area contributed by atoms with E-state index in [1.165, 1.54) is 0 Å².